The monoisotopic (exact) mass is 416 g/mol. The van der Waals surface area contributed by atoms with Crippen molar-refractivity contribution in [3.63, 3.8) is 0 Å². The Hall–Kier alpha value is -3.67. The van der Waals surface area contributed by atoms with Gasteiger partial charge in [-0.1, -0.05) is 36.4 Å². The molecule has 1 aliphatic rings. The van der Waals surface area contributed by atoms with Crippen LogP contribution in [0.1, 0.15) is 40.5 Å². The Balaban J connectivity index is 1.71. The predicted octanol–water partition coefficient (Wildman–Crippen LogP) is 4.24. The van der Waals surface area contributed by atoms with Crippen LogP contribution in [0.25, 0.3) is 10.8 Å². The van der Waals surface area contributed by atoms with Gasteiger partial charge < -0.3 is 9.64 Å². The molecule has 0 saturated carbocycles. The fourth-order valence-electron chi connectivity index (χ4n) is 3.84. The van der Waals surface area contributed by atoms with Gasteiger partial charge in [-0.25, -0.2) is 4.79 Å². The first-order chi connectivity index (χ1) is 15.1. The molecule has 6 heteroatoms. The Morgan fingerprint density at radius 1 is 1.00 bits per heavy atom. The van der Waals surface area contributed by atoms with Gasteiger partial charge in [0.05, 0.1) is 12.2 Å². The van der Waals surface area contributed by atoms with Crippen molar-refractivity contribution in [3.05, 3.63) is 77.9 Å². The van der Waals surface area contributed by atoms with Crippen LogP contribution in [0, 0.1) is 0 Å². The summed E-state index contributed by atoms with van der Waals surface area (Å²) in [6.45, 7) is 2.84. The van der Waals surface area contributed by atoms with Gasteiger partial charge in [-0.3, -0.25) is 14.5 Å². The molecule has 0 unspecified atom stereocenters. The lowest BCUT2D eigenvalue weighted by molar-refractivity contribution is -0.127. The number of hydrogen-bond acceptors (Lipinski definition) is 4. The minimum atomic E-state index is -0.407. The summed E-state index contributed by atoms with van der Waals surface area (Å²) in [5.41, 5.74) is 1.60. The highest BCUT2D eigenvalue weighted by Gasteiger charge is 2.27. The van der Waals surface area contributed by atoms with Crippen molar-refractivity contribution < 1.29 is 19.1 Å². The van der Waals surface area contributed by atoms with Gasteiger partial charge in [-0.2, -0.15) is 0 Å². The zero-order valence-corrected chi connectivity index (χ0v) is 17.4. The van der Waals surface area contributed by atoms with Crippen LogP contribution in [0.3, 0.4) is 0 Å². The smallest absolute Gasteiger partial charge is 0.338 e. The van der Waals surface area contributed by atoms with Crippen LogP contribution in [-0.2, 0) is 9.53 Å². The maximum atomic E-state index is 13.7. The normalized spacial score (nSPS) is 13.5. The van der Waals surface area contributed by atoms with E-state index in [2.05, 4.69) is 0 Å². The highest BCUT2D eigenvalue weighted by Crippen LogP contribution is 2.25. The molecule has 1 heterocycles. The van der Waals surface area contributed by atoms with Gasteiger partial charge in [-0.15, -0.1) is 0 Å². The van der Waals surface area contributed by atoms with Crippen molar-refractivity contribution in [1.82, 2.24) is 4.90 Å². The molecule has 1 saturated heterocycles. The fourth-order valence-corrected chi connectivity index (χ4v) is 3.84. The SMILES string of the molecule is CCOC(=O)c1ccc(N(CN2CCCC2=O)C(=O)c2cccc3ccccc23)cc1. The lowest BCUT2D eigenvalue weighted by Crippen LogP contribution is -2.42. The zero-order valence-electron chi connectivity index (χ0n) is 17.4. The van der Waals surface area contributed by atoms with E-state index in [9.17, 15) is 14.4 Å². The molecule has 4 rings (SSSR count). The molecule has 0 radical (unpaired) electrons. The Morgan fingerprint density at radius 2 is 1.74 bits per heavy atom. The lowest BCUT2D eigenvalue weighted by Gasteiger charge is -2.28. The summed E-state index contributed by atoms with van der Waals surface area (Å²) in [6.07, 6.45) is 1.29. The Bertz CT molecular complexity index is 1120. The molecular weight excluding hydrogens is 392 g/mol. The molecule has 0 aliphatic carbocycles. The number of amides is 2. The third kappa shape index (κ3) is 4.28. The molecule has 158 valence electrons. The number of likely N-dealkylation sites (tertiary alicyclic amines) is 1. The average Bonchev–Trinajstić information content (AvgIpc) is 3.21. The van der Waals surface area contributed by atoms with E-state index < -0.39 is 5.97 Å². The summed E-state index contributed by atoms with van der Waals surface area (Å²) in [5, 5.41) is 1.83. The number of nitrogens with zero attached hydrogens (tertiary/aromatic N) is 2. The van der Waals surface area contributed by atoms with Gasteiger partial charge in [-0.05, 0) is 54.4 Å². The van der Waals surface area contributed by atoms with E-state index in [1.165, 1.54) is 0 Å². The molecule has 0 atom stereocenters. The van der Waals surface area contributed by atoms with Crippen LogP contribution in [0.4, 0.5) is 5.69 Å². The molecular formula is C25H24N2O4. The molecule has 2 amide bonds. The van der Waals surface area contributed by atoms with Gasteiger partial charge >= 0.3 is 5.97 Å². The largest absolute Gasteiger partial charge is 0.462 e. The standard InChI is InChI=1S/C25H24N2O4/c1-2-31-25(30)19-12-14-20(15-13-19)27(17-26-16-6-11-23(26)28)24(29)22-10-5-8-18-7-3-4-9-21(18)22/h3-5,7-10,12-15H,2,6,11,16-17H2,1H3. The molecule has 0 aromatic heterocycles. The van der Waals surface area contributed by atoms with Crippen molar-refractivity contribution in [2.24, 2.45) is 0 Å². The van der Waals surface area contributed by atoms with Crippen molar-refractivity contribution in [3.8, 4) is 0 Å². The summed E-state index contributed by atoms with van der Waals surface area (Å²) >= 11 is 0. The van der Waals surface area contributed by atoms with Crippen molar-refractivity contribution >= 4 is 34.2 Å². The molecule has 3 aromatic carbocycles. The molecule has 3 aromatic rings. The van der Waals surface area contributed by atoms with E-state index in [0.717, 1.165) is 17.2 Å². The number of anilines is 1. The number of esters is 1. The van der Waals surface area contributed by atoms with Gasteiger partial charge in [0.1, 0.15) is 6.67 Å². The fraction of sp³-hybridized carbons (Fsp3) is 0.240. The number of rotatable bonds is 6. The van der Waals surface area contributed by atoms with Crippen LogP contribution in [-0.4, -0.2) is 42.5 Å². The zero-order chi connectivity index (χ0) is 21.8. The second kappa shape index (κ2) is 9.00. The van der Waals surface area contributed by atoms with Gasteiger partial charge in [0.15, 0.2) is 0 Å². The topological polar surface area (TPSA) is 66.9 Å². The van der Waals surface area contributed by atoms with Gasteiger partial charge in [0.2, 0.25) is 5.91 Å². The maximum Gasteiger partial charge on any atom is 0.338 e. The molecule has 1 fully saturated rings. The third-order valence-electron chi connectivity index (χ3n) is 5.44. The van der Waals surface area contributed by atoms with Crippen molar-refractivity contribution in [2.45, 2.75) is 19.8 Å². The highest BCUT2D eigenvalue weighted by atomic mass is 16.5. The van der Waals surface area contributed by atoms with E-state index in [0.29, 0.717) is 36.4 Å². The van der Waals surface area contributed by atoms with E-state index in [1.54, 1.807) is 47.1 Å². The quantitative estimate of drug-likeness (QED) is 0.564. The summed E-state index contributed by atoms with van der Waals surface area (Å²) in [7, 11) is 0. The van der Waals surface area contributed by atoms with Crippen LogP contribution in [0.15, 0.2) is 66.7 Å². The number of carbonyl (C=O) groups is 3. The number of ether oxygens (including phenoxy) is 1. The maximum absolute atomic E-state index is 13.7. The minimum Gasteiger partial charge on any atom is -0.462 e. The Kier molecular flexibility index (Phi) is 5.98. The van der Waals surface area contributed by atoms with Crippen molar-refractivity contribution in [1.29, 1.82) is 0 Å². The molecule has 0 N–H and O–H groups in total. The summed E-state index contributed by atoms with van der Waals surface area (Å²) in [5.74, 6) is -0.560. The van der Waals surface area contributed by atoms with E-state index >= 15 is 0 Å². The molecule has 0 spiro atoms. The van der Waals surface area contributed by atoms with Crippen molar-refractivity contribution in [2.75, 3.05) is 24.7 Å². The van der Waals surface area contributed by atoms with Crippen LogP contribution in [0.5, 0.6) is 0 Å². The van der Waals surface area contributed by atoms with E-state index in [-0.39, 0.29) is 18.5 Å². The number of fused-ring (bicyclic) bond motifs is 1. The second-order valence-electron chi connectivity index (χ2n) is 7.43. The highest BCUT2D eigenvalue weighted by molar-refractivity contribution is 6.14. The second-order valence-corrected chi connectivity index (χ2v) is 7.43. The van der Waals surface area contributed by atoms with Crippen LogP contribution in [0.2, 0.25) is 0 Å². The number of carbonyl (C=O) groups excluding carboxylic acids is 3. The van der Waals surface area contributed by atoms with Crippen LogP contribution < -0.4 is 4.90 Å². The molecule has 6 nitrogen and oxygen atoms in total. The van der Waals surface area contributed by atoms with E-state index in [4.69, 9.17) is 4.74 Å². The van der Waals surface area contributed by atoms with Crippen LogP contribution >= 0.6 is 0 Å². The number of hydrogen-bond donors (Lipinski definition) is 0. The summed E-state index contributed by atoms with van der Waals surface area (Å²) in [4.78, 5) is 41.2. The Labute approximate surface area is 181 Å². The Morgan fingerprint density at radius 3 is 2.45 bits per heavy atom. The first-order valence-corrected chi connectivity index (χ1v) is 10.4. The first-order valence-electron chi connectivity index (χ1n) is 10.4. The third-order valence-corrected chi connectivity index (χ3v) is 5.44. The predicted molar refractivity (Wildman–Crippen MR) is 119 cm³/mol. The summed E-state index contributed by atoms with van der Waals surface area (Å²) < 4.78 is 5.04. The van der Waals surface area contributed by atoms with Gasteiger partial charge in [0, 0.05) is 24.2 Å². The molecule has 0 bridgehead atoms. The first kappa shape index (κ1) is 20.6. The average molecular weight is 416 g/mol. The molecule has 31 heavy (non-hydrogen) atoms. The summed E-state index contributed by atoms with van der Waals surface area (Å²) in [6, 6.07) is 20.1. The minimum absolute atomic E-state index is 0.0406. The molecule has 1 aliphatic heterocycles. The van der Waals surface area contributed by atoms with Gasteiger partial charge in [0.25, 0.3) is 5.91 Å². The number of benzene rings is 3. The van der Waals surface area contributed by atoms with E-state index in [1.807, 2.05) is 36.4 Å². The lowest BCUT2D eigenvalue weighted by atomic mass is 10.0.